The molecule has 0 bridgehead atoms. The zero-order valence-corrected chi connectivity index (χ0v) is 15.9. The maximum Gasteiger partial charge on any atom is 0.238 e. The number of likely N-dealkylation sites (N-methyl/N-ethyl adjacent to an activating group) is 1. The number of hydrogen-bond donors (Lipinski definition) is 2. The average Bonchev–Trinajstić information content (AvgIpc) is 2.53. The van der Waals surface area contributed by atoms with Crippen molar-refractivity contribution in [3.05, 3.63) is 29.3 Å². The molecule has 2 amide bonds. The second kappa shape index (κ2) is 8.99. The molecule has 0 radical (unpaired) electrons. The summed E-state index contributed by atoms with van der Waals surface area (Å²) in [6.45, 7) is 6.59. The Bertz CT molecular complexity index is 595. The SMILES string of the molecule is Cc1cccc(C)c1NC(=O)CN(C)CC(=O)NC1CCCCC1C. The van der Waals surface area contributed by atoms with Gasteiger partial charge in [-0.1, -0.05) is 38.0 Å². The highest BCUT2D eigenvalue weighted by Gasteiger charge is 2.23. The minimum Gasteiger partial charge on any atom is -0.352 e. The number of benzene rings is 1. The molecule has 0 aliphatic heterocycles. The van der Waals surface area contributed by atoms with E-state index < -0.39 is 0 Å². The molecular weight excluding hydrogens is 314 g/mol. The highest BCUT2D eigenvalue weighted by molar-refractivity contribution is 5.94. The van der Waals surface area contributed by atoms with Crippen molar-refractivity contribution >= 4 is 17.5 Å². The van der Waals surface area contributed by atoms with Gasteiger partial charge in [0.25, 0.3) is 0 Å². The molecule has 25 heavy (non-hydrogen) atoms. The molecule has 1 aromatic rings. The molecule has 1 aliphatic rings. The van der Waals surface area contributed by atoms with E-state index >= 15 is 0 Å². The minimum atomic E-state index is -0.0984. The fraction of sp³-hybridized carbons (Fsp3) is 0.600. The Hall–Kier alpha value is -1.88. The third kappa shape index (κ3) is 5.85. The van der Waals surface area contributed by atoms with E-state index in [9.17, 15) is 9.59 Å². The largest absolute Gasteiger partial charge is 0.352 e. The summed E-state index contributed by atoms with van der Waals surface area (Å²) in [4.78, 5) is 26.3. The van der Waals surface area contributed by atoms with E-state index in [0.29, 0.717) is 5.92 Å². The van der Waals surface area contributed by atoms with Crippen molar-refractivity contribution in [1.29, 1.82) is 0 Å². The van der Waals surface area contributed by atoms with E-state index in [2.05, 4.69) is 17.6 Å². The lowest BCUT2D eigenvalue weighted by atomic mass is 9.86. The number of anilines is 1. The molecule has 2 rings (SSSR count). The van der Waals surface area contributed by atoms with Crippen LogP contribution in [0.5, 0.6) is 0 Å². The molecule has 0 aromatic heterocycles. The molecule has 0 saturated heterocycles. The highest BCUT2D eigenvalue weighted by atomic mass is 16.2. The van der Waals surface area contributed by atoms with Gasteiger partial charge in [0.05, 0.1) is 13.1 Å². The molecule has 2 unspecified atom stereocenters. The molecule has 1 aliphatic carbocycles. The first kappa shape index (κ1) is 19.4. The Morgan fingerprint density at radius 3 is 2.32 bits per heavy atom. The summed E-state index contributed by atoms with van der Waals surface area (Å²) in [7, 11) is 1.80. The molecule has 1 fully saturated rings. The van der Waals surface area contributed by atoms with Crippen LogP contribution >= 0.6 is 0 Å². The topological polar surface area (TPSA) is 61.4 Å². The van der Waals surface area contributed by atoms with E-state index in [1.54, 1.807) is 11.9 Å². The third-order valence-corrected chi connectivity index (χ3v) is 5.03. The number of amides is 2. The van der Waals surface area contributed by atoms with Crippen LogP contribution < -0.4 is 10.6 Å². The van der Waals surface area contributed by atoms with Gasteiger partial charge in [-0.25, -0.2) is 0 Å². The molecular formula is C20H31N3O2. The number of nitrogens with one attached hydrogen (secondary N) is 2. The molecule has 1 saturated carbocycles. The molecule has 0 heterocycles. The van der Waals surface area contributed by atoms with Crippen LogP contribution in [0.3, 0.4) is 0 Å². The zero-order valence-electron chi connectivity index (χ0n) is 15.9. The summed E-state index contributed by atoms with van der Waals surface area (Å²) in [5, 5.41) is 6.09. The zero-order chi connectivity index (χ0) is 18.4. The summed E-state index contributed by atoms with van der Waals surface area (Å²) >= 11 is 0. The lowest BCUT2D eigenvalue weighted by Gasteiger charge is -2.30. The lowest BCUT2D eigenvalue weighted by molar-refractivity contribution is -0.124. The molecule has 5 heteroatoms. The number of para-hydroxylation sites is 1. The Balaban J connectivity index is 1.80. The van der Waals surface area contributed by atoms with E-state index in [-0.39, 0.29) is 30.9 Å². The number of aryl methyl sites for hydroxylation is 2. The first-order valence-electron chi connectivity index (χ1n) is 9.20. The van der Waals surface area contributed by atoms with Gasteiger partial charge in [0.2, 0.25) is 11.8 Å². The van der Waals surface area contributed by atoms with Crippen LogP contribution in [0.2, 0.25) is 0 Å². The first-order valence-corrected chi connectivity index (χ1v) is 9.20. The molecule has 2 atom stereocenters. The Kier molecular flexibility index (Phi) is 7.00. The molecule has 5 nitrogen and oxygen atoms in total. The van der Waals surface area contributed by atoms with Gasteiger partial charge < -0.3 is 10.6 Å². The van der Waals surface area contributed by atoms with Crippen molar-refractivity contribution < 1.29 is 9.59 Å². The lowest BCUT2D eigenvalue weighted by Crippen LogP contribution is -2.46. The maximum atomic E-state index is 12.3. The molecule has 138 valence electrons. The molecule has 0 spiro atoms. The smallest absolute Gasteiger partial charge is 0.238 e. The van der Waals surface area contributed by atoms with Gasteiger partial charge in [0.1, 0.15) is 0 Å². The predicted molar refractivity (Wildman–Crippen MR) is 102 cm³/mol. The quantitative estimate of drug-likeness (QED) is 0.833. The van der Waals surface area contributed by atoms with Gasteiger partial charge in [-0.15, -0.1) is 0 Å². The van der Waals surface area contributed by atoms with Crippen LogP contribution in [0, 0.1) is 19.8 Å². The minimum absolute atomic E-state index is 0.00104. The molecule has 1 aromatic carbocycles. The number of hydrogen-bond acceptors (Lipinski definition) is 3. The average molecular weight is 345 g/mol. The van der Waals surface area contributed by atoms with Crippen LogP contribution in [0.1, 0.15) is 43.7 Å². The van der Waals surface area contributed by atoms with E-state index in [1.807, 2.05) is 32.0 Å². The summed E-state index contributed by atoms with van der Waals surface area (Å²) in [5.41, 5.74) is 2.95. The summed E-state index contributed by atoms with van der Waals surface area (Å²) < 4.78 is 0. The number of carbonyl (C=O) groups is 2. The van der Waals surface area contributed by atoms with Gasteiger partial charge >= 0.3 is 0 Å². The predicted octanol–water partition coefficient (Wildman–Crippen LogP) is 2.87. The Morgan fingerprint density at radius 1 is 1.08 bits per heavy atom. The van der Waals surface area contributed by atoms with Gasteiger partial charge in [-0.3, -0.25) is 14.5 Å². The fourth-order valence-corrected chi connectivity index (χ4v) is 3.52. The van der Waals surface area contributed by atoms with Gasteiger partial charge in [0.15, 0.2) is 0 Å². The maximum absolute atomic E-state index is 12.3. The number of nitrogens with zero attached hydrogens (tertiary/aromatic N) is 1. The van der Waals surface area contributed by atoms with Crippen LogP contribution in [-0.2, 0) is 9.59 Å². The number of carbonyl (C=O) groups excluding carboxylic acids is 2. The van der Waals surface area contributed by atoms with Crippen LogP contribution in [0.25, 0.3) is 0 Å². The van der Waals surface area contributed by atoms with Crippen LogP contribution in [0.4, 0.5) is 5.69 Å². The van der Waals surface area contributed by atoms with E-state index in [1.165, 1.54) is 19.3 Å². The summed E-state index contributed by atoms with van der Waals surface area (Å²) in [6.07, 6.45) is 4.68. The van der Waals surface area contributed by atoms with Crippen molar-refractivity contribution in [1.82, 2.24) is 10.2 Å². The van der Waals surface area contributed by atoms with E-state index in [0.717, 1.165) is 23.2 Å². The second-order valence-corrected chi connectivity index (χ2v) is 7.42. The summed E-state index contributed by atoms with van der Waals surface area (Å²) in [6, 6.07) is 6.21. The highest BCUT2D eigenvalue weighted by Crippen LogP contribution is 2.23. The fourth-order valence-electron chi connectivity index (χ4n) is 3.52. The monoisotopic (exact) mass is 345 g/mol. The number of rotatable bonds is 6. The third-order valence-electron chi connectivity index (χ3n) is 5.03. The van der Waals surface area contributed by atoms with Crippen molar-refractivity contribution in [2.24, 2.45) is 5.92 Å². The van der Waals surface area contributed by atoms with Gasteiger partial charge in [0, 0.05) is 11.7 Å². The van der Waals surface area contributed by atoms with Crippen molar-refractivity contribution in [2.45, 2.75) is 52.5 Å². The standard InChI is InChI=1S/C20H31N3O2/c1-14-8-5-6-11-17(14)21-18(24)12-23(4)13-19(25)22-20-15(2)9-7-10-16(20)3/h7,9-10,14,17H,5-6,8,11-13H2,1-4H3,(H,21,24)(H,22,25). The van der Waals surface area contributed by atoms with Crippen molar-refractivity contribution in [3.8, 4) is 0 Å². The van der Waals surface area contributed by atoms with E-state index in [4.69, 9.17) is 0 Å². The van der Waals surface area contributed by atoms with Crippen molar-refractivity contribution in [3.63, 3.8) is 0 Å². The summed E-state index contributed by atoms with van der Waals surface area (Å²) in [5.74, 6) is 0.440. The van der Waals surface area contributed by atoms with Gasteiger partial charge in [-0.05, 0) is 50.8 Å². The van der Waals surface area contributed by atoms with Crippen LogP contribution in [0.15, 0.2) is 18.2 Å². The van der Waals surface area contributed by atoms with Crippen LogP contribution in [-0.4, -0.2) is 42.9 Å². The normalized spacial score (nSPS) is 20.4. The van der Waals surface area contributed by atoms with Crippen molar-refractivity contribution in [2.75, 3.05) is 25.5 Å². The first-order chi connectivity index (χ1) is 11.9. The Morgan fingerprint density at radius 2 is 1.68 bits per heavy atom. The Labute approximate surface area is 151 Å². The second-order valence-electron chi connectivity index (χ2n) is 7.42. The van der Waals surface area contributed by atoms with Gasteiger partial charge in [-0.2, -0.15) is 0 Å². The molecule has 2 N–H and O–H groups in total.